The topological polar surface area (TPSA) is 58.8 Å². The number of nitrogens with two attached hydrogens (primary N) is 1. The van der Waals surface area contributed by atoms with E-state index in [-0.39, 0.29) is 5.91 Å². The van der Waals surface area contributed by atoms with Gasteiger partial charge in [0.15, 0.2) is 0 Å². The first kappa shape index (κ1) is 12.8. The maximum Gasteiger partial charge on any atom is 0.234 e. The van der Waals surface area contributed by atoms with Gasteiger partial charge < -0.3 is 20.3 Å². The summed E-state index contributed by atoms with van der Waals surface area (Å²) in [4.78, 5) is 16.6. The molecule has 1 amide bonds. The highest BCUT2D eigenvalue weighted by atomic mass is 16.5. The van der Waals surface area contributed by atoms with E-state index >= 15 is 0 Å². The molecule has 5 nitrogen and oxygen atoms in total. The minimum atomic E-state index is -0.440. The Morgan fingerprint density at radius 1 is 1.59 bits per heavy atom. The highest BCUT2D eigenvalue weighted by Crippen LogP contribution is 2.30. The van der Waals surface area contributed by atoms with Crippen LogP contribution < -0.4 is 5.73 Å². The largest absolute Gasteiger partial charge is 0.379 e. The van der Waals surface area contributed by atoms with E-state index in [0.29, 0.717) is 25.8 Å². The average molecular weight is 241 g/mol. The van der Waals surface area contributed by atoms with Crippen LogP contribution in [0.4, 0.5) is 0 Å². The molecule has 2 fully saturated rings. The Balaban J connectivity index is 1.98. The van der Waals surface area contributed by atoms with Crippen molar-refractivity contribution >= 4 is 5.91 Å². The van der Waals surface area contributed by atoms with Crippen molar-refractivity contribution < 1.29 is 9.53 Å². The van der Waals surface area contributed by atoms with Crippen LogP contribution >= 0.6 is 0 Å². The number of carbonyl (C=O) groups is 1. The number of likely N-dealkylation sites (N-methyl/N-ethyl adjacent to an activating group) is 2. The van der Waals surface area contributed by atoms with Gasteiger partial charge in [-0.05, 0) is 26.4 Å². The smallest absolute Gasteiger partial charge is 0.234 e. The number of likely N-dealkylation sites (tertiary alicyclic amines) is 1. The standard InChI is InChI=1S/C12H23N3O2/c1-14-5-3-4-10(6-14)15(2)11(16)12(7-13)8-17-9-12/h10H,3-9,13H2,1-2H3. The summed E-state index contributed by atoms with van der Waals surface area (Å²) >= 11 is 0. The van der Waals surface area contributed by atoms with E-state index in [9.17, 15) is 4.79 Å². The fourth-order valence-electron chi connectivity index (χ4n) is 2.67. The van der Waals surface area contributed by atoms with Crippen molar-refractivity contribution in [2.45, 2.75) is 18.9 Å². The van der Waals surface area contributed by atoms with Gasteiger partial charge in [0.05, 0.1) is 13.2 Å². The maximum atomic E-state index is 12.4. The van der Waals surface area contributed by atoms with Gasteiger partial charge in [-0.25, -0.2) is 0 Å². The van der Waals surface area contributed by atoms with Crippen molar-refractivity contribution in [2.75, 3.05) is 46.9 Å². The van der Waals surface area contributed by atoms with Crippen LogP contribution in [0.1, 0.15) is 12.8 Å². The van der Waals surface area contributed by atoms with Crippen molar-refractivity contribution in [3.63, 3.8) is 0 Å². The molecule has 2 aliphatic rings. The molecule has 1 atom stereocenters. The summed E-state index contributed by atoms with van der Waals surface area (Å²) in [6.07, 6.45) is 2.25. The number of hydrogen-bond donors (Lipinski definition) is 1. The Morgan fingerprint density at radius 2 is 2.29 bits per heavy atom. The predicted molar refractivity (Wildman–Crippen MR) is 65.6 cm³/mol. The summed E-state index contributed by atoms with van der Waals surface area (Å²) < 4.78 is 5.17. The van der Waals surface area contributed by atoms with Crippen LogP contribution in [0.5, 0.6) is 0 Å². The zero-order valence-corrected chi connectivity index (χ0v) is 10.8. The number of piperidine rings is 1. The Morgan fingerprint density at radius 3 is 2.76 bits per heavy atom. The van der Waals surface area contributed by atoms with Crippen LogP contribution in [0.2, 0.25) is 0 Å². The Hall–Kier alpha value is -0.650. The van der Waals surface area contributed by atoms with E-state index in [1.807, 2.05) is 11.9 Å². The van der Waals surface area contributed by atoms with Gasteiger partial charge >= 0.3 is 0 Å². The van der Waals surface area contributed by atoms with Gasteiger partial charge in [-0.2, -0.15) is 0 Å². The molecule has 0 aromatic rings. The van der Waals surface area contributed by atoms with Crippen LogP contribution in [0, 0.1) is 5.41 Å². The SMILES string of the molecule is CN1CCCC(N(C)C(=O)C2(CN)COC2)C1. The molecule has 0 aromatic heterocycles. The summed E-state index contributed by atoms with van der Waals surface area (Å²) in [5.41, 5.74) is 5.29. The Labute approximate surface area is 103 Å². The van der Waals surface area contributed by atoms with Crippen molar-refractivity contribution in [1.29, 1.82) is 0 Å². The summed E-state index contributed by atoms with van der Waals surface area (Å²) in [6.45, 7) is 3.44. The number of amides is 1. The van der Waals surface area contributed by atoms with E-state index < -0.39 is 5.41 Å². The van der Waals surface area contributed by atoms with E-state index in [2.05, 4.69) is 11.9 Å². The van der Waals surface area contributed by atoms with Gasteiger partial charge in [-0.3, -0.25) is 4.79 Å². The molecule has 2 saturated heterocycles. The Kier molecular flexibility index (Phi) is 3.70. The molecule has 0 spiro atoms. The fraction of sp³-hybridized carbons (Fsp3) is 0.917. The first-order valence-electron chi connectivity index (χ1n) is 6.33. The number of nitrogens with zero attached hydrogens (tertiary/aromatic N) is 2. The maximum absolute atomic E-state index is 12.4. The lowest BCUT2D eigenvalue weighted by Crippen LogP contribution is -2.61. The number of carbonyl (C=O) groups excluding carboxylic acids is 1. The monoisotopic (exact) mass is 241 g/mol. The first-order chi connectivity index (χ1) is 8.09. The van der Waals surface area contributed by atoms with Crippen LogP contribution in [-0.2, 0) is 9.53 Å². The third-order valence-electron chi connectivity index (χ3n) is 4.07. The van der Waals surface area contributed by atoms with Gasteiger partial charge in [0, 0.05) is 26.2 Å². The summed E-state index contributed by atoms with van der Waals surface area (Å²) in [5, 5.41) is 0. The Bertz CT molecular complexity index is 286. The second-order valence-electron chi connectivity index (χ2n) is 5.45. The minimum Gasteiger partial charge on any atom is -0.379 e. The lowest BCUT2D eigenvalue weighted by molar-refractivity contribution is -0.172. The number of rotatable bonds is 3. The molecule has 2 rings (SSSR count). The third-order valence-corrected chi connectivity index (χ3v) is 4.07. The zero-order valence-electron chi connectivity index (χ0n) is 10.8. The quantitative estimate of drug-likeness (QED) is 0.724. The molecule has 17 heavy (non-hydrogen) atoms. The zero-order chi connectivity index (χ0) is 12.5. The molecule has 0 bridgehead atoms. The number of ether oxygens (including phenoxy) is 1. The molecule has 98 valence electrons. The summed E-state index contributed by atoms with van der Waals surface area (Å²) in [5.74, 6) is 0.159. The molecule has 2 heterocycles. The van der Waals surface area contributed by atoms with Crippen LogP contribution in [0.15, 0.2) is 0 Å². The predicted octanol–water partition coefficient (Wildman–Crippen LogP) is -0.486. The molecular weight excluding hydrogens is 218 g/mol. The van der Waals surface area contributed by atoms with Crippen molar-refractivity contribution in [3.05, 3.63) is 0 Å². The second kappa shape index (κ2) is 4.92. The van der Waals surface area contributed by atoms with Crippen LogP contribution in [0.25, 0.3) is 0 Å². The highest BCUT2D eigenvalue weighted by molar-refractivity contribution is 5.84. The lowest BCUT2D eigenvalue weighted by Gasteiger charge is -2.44. The lowest BCUT2D eigenvalue weighted by atomic mass is 9.84. The molecular formula is C12H23N3O2. The van der Waals surface area contributed by atoms with E-state index in [0.717, 1.165) is 25.9 Å². The number of hydrogen-bond acceptors (Lipinski definition) is 4. The highest BCUT2D eigenvalue weighted by Gasteiger charge is 2.47. The van der Waals surface area contributed by atoms with E-state index in [1.165, 1.54) is 0 Å². The molecule has 2 N–H and O–H groups in total. The minimum absolute atomic E-state index is 0.159. The van der Waals surface area contributed by atoms with Crippen LogP contribution in [0.3, 0.4) is 0 Å². The van der Waals surface area contributed by atoms with E-state index in [4.69, 9.17) is 10.5 Å². The summed E-state index contributed by atoms with van der Waals surface area (Å²) in [6, 6.07) is 0.324. The fourth-order valence-corrected chi connectivity index (χ4v) is 2.67. The van der Waals surface area contributed by atoms with Crippen molar-refractivity contribution in [1.82, 2.24) is 9.80 Å². The normalized spacial score (nSPS) is 28.5. The van der Waals surface area contributed by atoms with Crippen LogP contribution in [-0.4, -0.2) is 68.7 Å². The van der Waals surface area contributed by atoms with E-state index in [1.54, 1.807) is 0 Å². The van der Waals surface area contributed by atoms with Crippen molar-refractivity contribution in [2.24, 2.45) is 11.1 Å². The first-order valence-corrected chi connectivity index (χ1v) is 6.33. The average Bonchev–Trinajstić information content (AvgIpc) is 2.27. The molecule has 0 aliphatic carbocycles. The van der Waals surface area contributed by atoms with Gasteiger partial charge in [0.1, 0.15) is 5.41 Å². The molecule has 0 radical (unpaired) electrons. The second-order valence-corrected chi connectivity index (χ2v) is 5.45. The van der Waals surface area contributed by atoms with Gasteiger partial charge in [0.25, 0.3) is 0 Å². The third kappa shape index (κ3) is 2.32. The van der Waals surface area contributed by atoms with Gasteiger partial charge in [0.2, 0.25) is 5.91 Å². The molecule has 1 unspecified atom stereocenters. The molecule has 0 aromatic carbocycles. The molecule has 0 saturated carbocycles. The van der Waals surface area contributed by atoms with Crippen molar-refractivity contribution in [3.8, 4) is 0 Å². The summed E-state index contributed by atoms with van der Waals surface area (Å²) in [7, 11) is 4.01. The molecule has 2 aliphatic heterocycles. The van der Waals surface area contributed by atoms with Gasteiger partial charge in [-0.15, -0.1) is 0 Å². The van der Waals surface area contributed by atoms with Gasteiger partial charge in [-0.1, -0.05) is 0 Å². The molecule has 5 heteroatoms.